The summed E-state index contributed by atoms with van der Waals surface area (Å²) in [7, 11) is 0. The number of oxazole rings is 1. The summed E-state index contributed by atoms with van der Waals surface area (Å²) in [4.78, 5) is 17.4. The van der Waals surface area contributed by atoms with Gasteiger partial charge in [0.2, 0.25) is 0 Å². The smallest absolute Gasteiger partial charge is 0.406 e. The van der Waals surface area contributed by atoms with Crippen molar-refractivity contribution in [2.45, 2.75) is 6.42 Å². The van der Waals surface area contributed by atoms with Gasteiger partial charge in [0.15, 0.2) is 11.2 Å². The Morgan fingerprint density at radius 2 is 2.47 bits per heavy atom. The van der Waals surface area contributed by atoms with Gasteiger partial charge in [0, 0.05) is 11.5 Å². The first-order valence-electron chi connectivity index (χ1n) is 4.51. The van der Waals surface area contributed by atoms with Crippen LogP contribution in [-0.4, -0.2) is 15.3 Å². The van der Waals surface area contributed by atoms with Gasteiger partial charge in [-0.1, -0.05) is 28.1 Å². The highest BCUT2D eigenvalue weighted by molar-refractivity contribution is 9.09. The number of H-pyrrole nitrogens is 1. The van der Waals surface area contributed by atoms with Gasteiger partial charge in [-0.05, 0) is 18.1 Å². The fourth-order valence-corrected chi connectivity index (χ4v) is 1.49. The van der Waals surface area contributed by atoms with E-state index in [0.29, 0.717) is 11.2 Å². The van der Waals surface area contributed by atoms with Crippen molar-refractivity contribution in [3.05, 3.63) is 34.5 Å². The number of halogens is 1. The largest absolute Gasteiger partial charge is 0.418 e. The average Bonchev–Trinajstić information content (AvgIpc) is 2.57. The van der Waals surface area contributed by atoms with Crippen LogP contribution >= 0.6 is 15.9 Å². The third-order valence-electron chi connectivity index (χ3n) is 1.88. The Morgan fingerprint density at radius 1 is 1.60 bits per heavy atom. The first-order valence-corrected chi connectivity index (χ1v) is 5.63. The van der Waals surface area contributed by atoms with Crippen LogP contribution in [0.1, 0.15) is 12.0 Å². The number of aromatic amines is 1. The lowest BCUT2D eigenvalue weighted by Gasteiger charge is -1.91. The van der Waals surface area contributed by atoms with Crippen molar-refractivity contribution in [1.29, 1.82) is 0 Å². The summed E-state index contributed by atoms with van der Waals surface area (Å²) < 4.78 is 4.90. The van der Waals surface area contributed by atoms with Gasteiger partial charge in [0.1, 0.15) is 0 Å². The lowest BCUT2D eigenvalue weighted by Crippen LogP contribution is -1.93. The Balaban J connectivity index is 2.34. The maximum Gasteiger partial charge on any atom is 0.418 e. The van der Waals surface area contributed by atoms with E-state index in [1.165, 1.54) is 0 Å². The molecule has 0 aliphatic heterocycles. The lowest BCUT2D eigenvalue weighted by atomic mass is 10.2. The molecule has 0 radical (unpaired) electrons. The molecule has 0 atom stereocenters. The summed E-state index contributed by atoms with van der Waals surface area (Å²) in [5, 5.41) is 0.929. The molecule has 2 rings (SSSR count). The molecule has 1 N–H and O–H groups in total. The average molecular weight is 269 g/mol. The third-order valence-corrected chi connectivity index (χ3v) is 2.34. The minimum absolute atomic E-state index is 0.473. The maximum atomic E-state index is 10.9. The summed E-state index contributed by atoms with van der Waals surface area (Å²) in [6.07, 6.45) is 6.62. The van der Waals surface area contributed by atoms with Crippen LogP contribution < -0.4 is 5.76 Å². The van der Waals surface area contributed by atoms with Gasteiger partial charge in [0.05, 0.1) is 0 Å². The van der Waals surface area contributed by atoms with Gasteiger partial charge >= 0.3 is 5.76 Å². The number of rotatable bonds is 3. The van der Waals surface area contributed by atoms with Crippen molar-refractivity contribution >= 4 is 33.2 Å². The predicted molar refractivity (Wildman–Crippen MR) is 62.1 cm³/mol. The zero-order chi connectivity index (χ0) is 10.7. The second-order valence-corrected chi connectivity index (χ2v) is 3.80. The first kappa shape index (κ1) is 10.2. The number of fused-ring (bicyclic) bond motifs is 1. The van der Waals surface area contributed by atoms with E-state index in [0.717, 1.165) is 17.3 Å². The van der Waals surface area contributed by atoms with E-state index < -0.39 is 5.76 Å². The molecule has 15 heavy (non-hydrogen) atoms. The summed E-state index contributed by atoms with van der Waals surface area (Å²) in [6.45, 7) is 0. The SMILES string of the molecule is O=c1[nH]c2ncc(C=CCCBr)cc2o1. The number of hydrogen-bond donors (Lipinski definition) is 1. The van der Waals surface area contributed by atoms with E-state index in [2.05, 4.69) is 25.9 Å². The van der Waals surface area contributed by atoms with Gasteiger partial charge < -0.3 is 4.42 Å². The molecule has 0 unspecified atom stereocenters. The molecule has 5 heteroatoms. The highest BCUT2D eigenvalue weighted by atomic mass is 79.9. The number of hydrogen-bond acceptors (Lipinski definition) is 3. The lowest BCUT2D eigenvalue weighted by molar-refractivity contribution is 0.555. The Labute approximate surface area is 94.1 Å². The summed E-state index contributed by atoms with van der Waals surface area (Å²) in [5.41, 5.74) is 1.89. The molecule has 0 aliphatic carbocycles. The van der Waals surface area contributed by atoms with E-state index >= 15 is 0 Å². The summed E-state index contributed by atoms with van der Waals surface area (Å²) in [6, 6.07) is 1.78. The molecule has 78 valence electrons. The van der Waals surface area contributed by atoms with Crippen LogP contribution in [-0.2, 0) is 0 Å². The first-order chi connectivity index (χ1) is 7.29. The van der Waals surface area contributed by atoms with Crippen molar-refractivity contribution in [2.24, 2.45) is 0 Å². The Bertz CT molecular complexity index is 542. The number of nitrogens with zero attached hydrogens (tertiary/aromatic N) is 1. The van der Waals surface area contributed by atoms with Gasteiger partial charge in [-0.2, -0.15) is 0 Å². The van der Waals surface area contributed by atoms with Crippen molar-refractivity contribution in [3.63, 3.8) is 0 Å². The minimum atomic E-state index is -0.473. The molecule has 2 aromatic rings. The van der Waals surface area contributed by atoms with E-state index in [9.17, 15) is 4.79 Å². The van der Waals surface area contributed by atoms with Gasteiger partial charge in [0.25, 0.3) is 0 Å². The number of nitrogens with one attached hydrogen (secondary N) is 1. The van der Waals surface area contributed by atoms with Crippen LogP contribution in [0.15, 0.2) is 27.6 Å². The molecule has 0 saturated carbocycles. The van der Waals surface area contributed by atoms with Crippen LogP contribution in [0.3, 0.4) is 0 Å². The Kier molecular flexibility index (Phi) is 3.01. The molecule has 0 amide bonds. The monoisotopic (exact) mass is 268 g/mol. The van der Waals surface area contributed by atoms with Crippen molar-refractivity contribution in [2.75, 3.05) is 5.33 Å². The predicted octanol–water partition coefficient (Wildman–Crippen LogP) is 2.31. The fourth-order valence-electron chi connectivity index (χ4n) is 1.23. The van der Waals surface area contributed by atoms with Crippen molar-refractivity contribution in [1.82, 2.24) is 9.97 Å². The zero-order valence-electron chi connectivity index (χ0n) is 7.87. The van der Waals surface area contributed by atoms with Crippen molar-refractivity contribution < 1.29 is 4.42 Å². The maximum absolute atomic E-state index is 10.9. The van der Waals surface area contributed by atoms with Gasteiger partial charge in [-0.3, -0.25) is 4.98 Å². The quantitative estimate of drug-likeness (QED) is 0.870. The fraction of sp³-hybridized carbons (Fsp3) is 0.200. The topological polar surface area (TPSA) is 58.9 Å². The standard InChI is InChI=1S/C10H9BrN2O2/c11-4-2-1-3-7-5-8-9(12-6-7)13-10(14)15-8/h1,3,5-6H,2,4H2,(H,12,13,14). The normalized spacial score (nSPS) is 11.5. The number of aromatic nitrogens is 2. The molecule has 0 spiro atoms. The van der Waals surface area contributed by atoms with Gasteiger partial charge in [-0.15, -0.1) is 0 Å². The van der Waals surface area contributed by atoms with E-state index in [-0.39, 0.29) is 0 Å². The highest BCUT2D eigenvalue weighted by Gasteiger charge is 2.01. The molecule has 0 fully saturated rings. The summed E-state index contributed by atoms with van der Waals surface area (Å²) >= 11 is 3.33. The Hall–Kier alpha value is -1.36. The number of allylic oxidation sites excluding steroid dienone is 1. The molecule has 4 nitrogen and oxygen atoms in total. The molecular weight excluding hydrogens is 260 g/mol. The minimum Gasteiger partial charge on any atom is -0.406 e. The van der Waals surface area contributed by atoms with Crippen molar-refractivity contribution in [3.8, 4) is 0 Å². The molecule has 2 aromatic heterocycles. The number of pyridine rings is 1. The highest BCUT2D eigenvalue weighted by Crippen LogP contribution is 2.10. The number of alkyl halides is 1. The molecule has 0 aliphatic rings. The van der Waals surface area contributed by atoms with Gasteiger partial charge in [-0.25, -0.2) is 9.78 Å². The molecular formula is C10H9BrN2O2. The summed E-state index contributed by atoms with van der Waals surface area (Å²) in [5.74, 6) is -0.473. The van der Waals surface area contributed by atoms with Crippen LogP contribution in [0.5, 0.6) is 0 Å². The van der Waals surface area contributed by atoms with E-state index in [4.69, 9.17) is 4.42 Å². The second kappa shape index (κ2) is 4.44. The van der Waals surface area contributed by atoms with Crippen LogP contribution in [0.2, 0.25) is 0 Å². The van der Waals surface area contributed by atoms with E-state index in [1.54, 1.807) is 12.3 Å². The Morgan fingerprint density at radius 3 is 3.27 bits per heavy atom. The molecule has 2 heterocycles. The molecule has 0 aromatic carbocycles. The second-order valence-electron chi connectivity index (χ2n) is 3.01. The van der Waals surface area contributed by atoms with Crippen LogP contribution in [0.4, 0.5) is 0 Å². The molecule has 0 saturated heterocycles. The zero-order valence-corrected chi connectivity index (χ0v) is 9.45. The van der Waals surface area contributed by atoms with E-state index in [1.807, 2.05) is 12.2 Å². The van der Waals surface area contributed by atoms with Crippen LogP contribution in [0, 0.1) is 0 Å². The van der Waals surface area contributed by atoms with Crippen LogP contribution in [0.25, 0.3) is 17.3 Å². The molecule has 0 bridgehead atoms. The third kappa shape index (κ3) is 2.36.